The van der Waals surface area contributed by atoms with Gasteiger partial charge in [0, 0.05) is 19.4 Å². The van der Waals surface area contributed by atoms with Crippen LogP contribution in [0.4, 0.5) is 0 Å². The molecule has 0 radical (unpaired) electrons. The zero-order valence-corrected chi connectivity index (χ0v) is 15.5. The van der Waals surface area contributed by atoms with Crippen molar-refractivity contribution in [2.45, 2.75) is 32.6 Å². The topological polar surface area (TPSA) is 65.0 Å². The summed E-state index contributed by atoms with van der Waals surface area (Å²) in [6, 6.07) is 11.4. The lowest BCUT2D eigenvalue weighted by Crippen LogP contribution is -2.07. The predicted molar refractivity (Wildman–Crippen MR) is 102 cm³/mol. The molecule has 5 heteroatoms. The Labute approximate surface area is 162 Å². The van der Waals surface area contributed by atoms with E-state index in [2.05, 4.69) is 0 Å². The van der Waals surface area contributed by atoms with Crippen LogP contribution in [0.2, 0.25) is 0 Å². The molecule has 4 rings (SSSR count). The van der Waals surface area contributed by atoms with Crippen molar-refractivity contribution < 1.29 is 26.9 Å². The van der Waals surface area contributed by atoms with Crippen molar-refractivity contribution in [2.75, 3.05) is 26.4 Å². The summed E-state index contributed by atoms with van der Waals surface area (Å²) in [5, 5.41) is 9.02. The Hall–Kier alpha value is -2.53. The van der Waals surface area contributed by atoms with Gasteiger partial charge in [0.1, 0.15) is 11.5 Å². The molecule has 2 aromatic rings. The van der Waals surface area contributed by atoms with Crippen molar-refractivity contribution in [3.05, 3.63) is 58.7 Å². The normalized spacial score (nSPS) is 15.2. The van der Waals surface area contributed by atoms with Gasteiger partial charge in [0.15, 0.2) is 0 Å². The Morgan fingerprint density at radius 2 is 1.67 bits per heavy atom. The summed E-state index contributed by atoms with van der Waals surface area (Å²) in [5.41, 5.74) is 4.10. The molecule has 0 bridgehead atoms. The Morgan fingerprint density at radius 3 is 2.26 bits per heavy atom. The van der Waals surface area contributed by atoms with E-state index < -0.39 is 6.56 Å². The van der Waals surface area contributed by atoms with E-state index >= 15 is 0 Å². The average molecular weight is 372 g/mol. The first-order valence-electron chi connectivity index (χ1n) is 10.2. The van der Waals surface area contributed by atoms with Gasteiger partial charge in [-0.25, -0.2) is 0 Å². The number of esters is 1. The summed E-state index contributed by atoms with van der Waals surface area (Å²) in [6.07, 6.45) is 2.19. The van der Waals surface area contributed by atoms with Gasteiger partial charge in [0.05, 0.1) is 29.0 Å². The first-order chi connectivity index (χ1) is 13.8. The molecule has 0 spiro atoms. The molecule has 0 aliphatic carbocycles. The van der Waals surface area contributed by atoms with Crippen LogP contribution in [0.1, 0.15) is 31.9 Å². The Morgan fingerprint density at radius 1 is 1.07 bits per heavy atom. The van der Waals surface area contributed by atoms with E-state index in [1.165, 1.54) is 5.56 Å². The highest BCUT2D eigenvalue weighted by Gasteiger charge is 2.13. The highest BCUT2D eigenvalue weighted by Crippen LogP contribution is 2.26. The number of ether oxygens (including phenoxy) is 3. The molecule has 0 fully saturated rings. The van der Waals surface area contributed by atoms with Crippen molar-refractivity contribution in [3.8, 4) is 11.5 Å². The van der Waals surface area contributed by atoms with E-state index in [0.717, 1.165) is 47.6 Å². The molecule has 2 aromatic carbocycles. The maximum atomic E-state index is 11.3. The molecule has 0 unspecified atom stereocenters. The number of aliphatic hydroxyl groups is 1. The van der Waals surface area contributed by atoms with E-state index in [-0.39, 0.29) is 12.4 Å². The molecule has 0 saturated carbocycles. The van der Waals surface area contributed by atoms with Gasteiger partial charge >= 0.3 is 5.97 Å². The zero-order valence-electron chi connectivity index (χ0n) is 17.5. The van der Waals surface area contributed by atoms with Gasteiger partial charge in [0.25, 0.3) is 0 Å². The number of rotatable bonds is 5. The predicted octanol–water partition coefficient (Wildman–Crippen LogP) is 2.88. The Balaban J connectivity index is 0.000000166. The minimum Gasteiger partial charge on any atom is -0.493 e. The maximum absolute atomic E-state index is 11.3. The maximum Gasteiger partial charge on any atom is 0.310 e. The Kier molecular flexibility index (Phi) is 5.80. The lowest BCUT2D eigenvalue weighted by molar-refractivity contribution is -0.142. The fraction of sp³-hybridized carbons (Fsp3) is 0.409. The van der Waals surface area contributed by atoms with Gasteiger partial charge in [-0.3, -0.25) is 4.79 Å². The van der Waals surface area contributed by atoms with E-state index in [4.69, 9.17) is 22.1 Å². The fourth-order valence-electron chi connectivity index (χ4n) is 3.17. The summed E-state index contributed by atoms with van der Waals surface area (Å²) in [4.78, 5) is 11.3. The lowest BCUT2D eigenvalue weighted by Gasteiger charge is -2.04. The van der Waals surface area contributed by atoms with Crippen molar-refractivity contribution in [1.82, 2.24) is 0 Å². The van der Waals surface area contributed by atoms with Crippen molar-refractivity contribution >= 4 is 5.97 Å². The van der Waals surface area contributed by atoms with Crippen molar-refractivity contribution in [3.63, 3.8) is 0 Å². The SMILES string of the molecule is CCOC(=O)Cc1ccc2c(c1)CCO2.[2H]C([2H])(O)Cc1ccc2c(c1)CCO2. The van der Waals surface area contributed by atoms with Gasteiger partial charge in [-0.15, -0.1) is 0 Å². The molecule has 2 aliphatic heterocycles. The van der Waals surface area contributed by atoms with Crippen LogP contribution < -0.4 is 9.47 Å². The van der Waals surface area contributed by atoms with E-state index in [1.54, 1.807) is 6.07 Å². The lowest BCUT2D eigenvalue weighted by atomic mass is 10.1. The second kappa shape index (κ2) is 9.42. The van der Waals surface area contributed by atoms with Crippen LogP contribution >= 0.6 is 0 Å². The number of hydrogen-bond donors (Lipinski definition) is 1. The number of fused-ring (bicyclic) bond motifs is 2. The molecule has 2 aliphatic rings. The standard InChI is InChI=1S/C12H14O3.C10H12O2/c1-2-14-12(13)8-9-3-4-11-10(7-9)5-6-15-11;11-5-3-8-1-2-10-9(7-8)4-6-12-10/h3-4,7H,2,5-6,8H2,1H3;1-2,7,11H,3-6H2/i;5D2. The van der Waals surface area contributed by atoms with Gasteiger partial charge in [0.2, 0.25) is 0 Å². The number of benzene rings is 2. The molecule has 0 aromatic heterocycles. The molecule has 0 amide bonds. The first kappa shape index (κ1) is 16.6. The molecule has 27 heavy (non-hydrogen) atoms. The monoisotopic (exact) mass is 372 g/mol. The van der Waals surface area contributed by atoms with Gasteiger partial charge in [-0.2, -0.15) is 0 Å². The first-order valence-corrected chi connectivity index (χ1v) is 9.21. The van der Waals surface area contributed by atoms with Gasteiger partial charge in [-0.1, -0.05) is 24.3 Å². The molecular weight excluding hydrogens is 344 g/mol. The summed E-state index contributed by atoms with van der Waals surface area (Å²) in [6.45, 7) is 1.57. The second-order valence-corrected chi connectivity index (χ2v) is 6.40. The van der Waals surface area contributed by atoms with E-state index in [0.29, 0.717) is 19.6 Å². The number of carbonyl (C=O) groups excluding carboxylic acids is 1. The second-order valence-electron chi connectivity index (χ2n) is 6.40. The third-order valence-corrected chi connectivity index (χ3v) is 4.44. The highest BCUT2D eigenvalue weighted by molar-refractivity contribution is 5.72. The fourth-order valence-corrected chi connectivity index (χ4v) is 3.17. The van der Waals surface area contributed by atoms with Crippen LogP contribution in [-0.2, 0) is 35.2 Å². The van der Waals surface area contributed by atoms with Crippen LogP contribution in [0.15, 0.2) is 36.4 Å². The molecular formula is C22H26O5. The van der Waals surface area contributed by atoms with Gasteiger partial charge < -0.3 is 19.3 Å². The third kappa shape index (κ3) is 5.23. The zero-order chi connectivity index (χ0) is 20.9. The largest absolute Gasteiger partial charge is 0.493 e. The molecule has 0 atom stereocenters. The van der Waals surface area contributed by atoms with Crippen LogP contribution in [0, 0.1) is 0 Å². The smallest absolute Gasteiger partial charge is 0.310 e. The van der Waals surface area contributed by atoms with Crippen LogP contribution in [-0.4, -0.2) is 37.5 Å². The number of carbonyl (C=O) groups is 1. The van der Waals surface area contributed by atoms with Crippen LogP contribution in [0.3, 0.4) is 0 Å². The number of hydrogen-bond acceptors (Lipinski definition) is 5. The summed E-state index contributed by atoms with van der Waals surface area (Å²) < 4.78 is 29.7. The van der Waals surface area contributed by atoms with Crippen molar-refractivity contribution in [1.29, 1.82) is 0 Å². The van der Waals surface area contributed by atoms with Gasteiger partial charge in [-0.05, 0) is 47.7 Å². The summed E-state index contributed by atoms with van der Waals surface area (Å²) in [5.74, 6) is 1.66. The summed E-state index contributed by atoms with van der Waals surface area (Å²) in [7, 11) is 0. The van der Waals surface area contributed by atoms with Crippen molar-refractivity contribution in [2.24, 2.45) is 0 Å². The average Bonchev–Trinajstić information content (AvgIpc) is 3.29. The minimum atomic E-state index is -2.13. The summed E-state index contributed by atoms with van der Waals surface area (Å²) >= 11 is 0. The minimum absolute atomic E-state index is 0.0281. The molecule has 5 nitrogen and oxygen atoms in total. The quantitative estimate of drug-likeness (QED) is 0.818. The molecule has 2 heterocycles. The molecule has 0 saturated heterocycles. The van der Waals surface area contributed by atoms with E-state index in [1.807, 2.05) is 37.3 Å². The molecule has 1 N–H and O–H groups in total. The highest BCUT2D eigenvalue weighted by atomic mass is 16.5. The van der Waals surface area contributed by atoms with Crippen LogP contribution in [0.25, 0.3) is 0 Å². The van der Waals surface area contributed by atoms with Crippen LogP contribution in [0.5, 0.6) is 11.5 Å². The van der Waals surface area contributed by atoms with E-state index in [9.17, 15) is 4.79 Å². The Bertz CT molecular complexity index is 861. The third-order valence-electron chi connectivity index (χ3n) is 4.44. The molecule has 144 valence electrons. The number of aryl methyl sites for hydroxylation is 1.